The highest BCUT2D eigenvalue weighted by molar-refractivity contribution is 5.89. The molecule has 10 heteroatoms. The quantitative estimate of drug-likeness (QED) is 0.324. The topological polar surface area (TPSA) is 149 Å². The molecule has 3 N–H and O–H groups in total. The first-order chi connectivity index (χ1) is 12.3. The third-order valence-electron chi connectivity index (χ3n) is 3.29. The summed E-state index contributed by atoms with van der Waals surface area (Å²) < 4.78 is 19.3. The van der Waals surface area contributed by atoms with Crippen LogP contribution >= 0.6 is 0 Å². The van der Waals surface area contributed by atoms with Gasteiger partial charge in [-0.15, -0.1) is 0 Å². The van der Waals surface area contributed by atoms with Crippen molar-refractivity contribution in [3.8, 4) is 0 Å². The van der Waals surface area contributed by atoms with E-state index >= 15 is 0 Å². The SMILES string of the molecule is CCCC(=O)OCC(O)COC1=C(O)C(C(O)COC(=O)CC)OC1=O. The van der Waals surface area contributed by atoms with Crippen LogP contribution in [0, 0.1) is 0 Å². The molecule has 0 radical (unpaired) electrons. The molecule has 0 saturated carbocycles. The summed E-state index contributed by atoms with van der Waals surface area (Å²) in [6, 6.07) is 0. The number of rotatable bonds is 11. The van der Waals surface area contributed by atoms with Crippen molar-refractivity contribution in [3.63, 3.8) is 0 Å². The van der Waals surface area contributed by atoms with Gasteiger partial charge in [-0.25, -0.2) is 4.79 Å². The van der Waals surface area contributed by atoms with Crippen LogP contribution in [0.4, 0.5) is 0 Å². The number of carbonyl (C=O) groups is 3. The Morgan fingerprint density at radius 3 is 2.38 bits per heavy atom. The molecule has 148 valence electrons. The fraction of sp³-hybridized carbons (Fsp3) is 0.688. The number of aliphatic hydroxyl groups excluding tert-OH is 3. The maximum Gasteiger partial charge on any atom is 0.378 e. The molecule has 0 saturated heterocycles. The van der Waals surface area contributed by atoms with Crippen molar-refractivity contribution < 1.29 is 48.7 Å². The maximum atomic E-state index is 11.7. The van der Waals surface area contributed by atoms with Crippen molar-refractivity contribution in [2.75, 3.05) is 19.8 Å². The Labute approximate surface area is 150 Å². The second-order valence-electron chi connectivity index (χ2n) is 5.54. The van der Waals surface area contributed by atoms with Gasteiger partial charge in [-0.1, -0.05) is 13.8 Å². The standard InChI is InChI=1S/C16H24O10/c1-3-5-12(20)23-6-9(17)7-25-15-13(21)14(26-16(15)22)10(18)8-24-11(19)4-2/h9-10,14,17-18,21H,3-8H2,1-2H3. The number of esters is 3. The molecule has 1 heterocycles. The normalized spacial score (nSPS) is 18.9. The van der Waals surface area contributed by atoms with Gasteiger partial charge in [0.2, 0.25) is 5.76 Å². The molecule has 0 spiro atoms. The molecular formula is C16H24O10. The van der Waals surface area contributed by atoms with E-state index in [2.05, 4.69) is 0 Å². The number of hydrogen-bond donors (Lipinski definition) is 3. The third-order valence-corrected chi connectivity index (χ3v) is 3.29. The van der Waals surface area contributed by atoms with E-state index in [0.29, 0.717) is 6.42 Å². The number of ether oxygens (including phenoxy) is 4. The zero-order valence-corrected chi connectivity index (χ0v) is 14.7. The minimum absolute atomic E-state index is 0.105. The lowest BCUT2D eigenvalue weighted by atomic mass is 10.2. The lowest BCUT2D eigenvalue weighted by Crippen LogP contribution is -2.33. The molecule has 1 aliphatic heterocycles. The molecule has 1 rings (SSSR count). The lowest BCUT2D eigenvalue weighted by Gasteiger charge is -2.16. The highest BCUT2D eigenvalue weighted by Gasteiger charge is 2.41. The summed E-state index contributed by atoms with van der Waals surface area (Å²) in [6.45, 7) is 2.12. The number of hydrogen-bond acceptors (Lipinski definition) is 10. The van der Waals surface area contributed by atoms with Gasteiger partial charge in [0, 0.05) is 12.8 Å². The van der Waals surface area contributed by atoms with E-state index in [9.17, 15) is 29.7 Å². The molecule has 0 amide bonds. The van der Waals surface area contributed by atoms with Gasteiger partial charge in [-0.2, -0.15) is 0 Å². The Hall–Kier alpha value is -2.33. The molecule has 3 unspecified atom stereocenters. The number of aliphatic hydroxyl groups is 3. The Morgan fingerprint density at radius 1 is 1.12 bits per heavy atom. The fourth-order valence-corrected chi connectivity index (χ4v) is 1.91. The number of cyclic esters (lactones) is 1. The van der Waals surface area contributed by atoms with Crippen LogP contribution in [0.2, 0.25) is 0 Å². The molecule has 1 aliphatic rings. The van der Waals surface area contributed by atoms with Gasteiger partial charge in [-0.05, 0) is 6.42 Å². The molecule has 3 atom stereocenters. The highest BCUT2D eigenvalue weighted by Crippen LogP contribution is 2.24. The van der Waals surface area contributed by atoms with Gasteiger partial charge < -0.3 is 34.3 Å². The molecule has 0 fully saturated rings. The average molecular weight is 376 g/mol. The predicted octanol–water partition coefficient (Wildman–Crippen LogP) is -0.284. The highest BCUT2D eigenvalue weighted by atomic mass is 16.6. The first-order valence-corrected chi connectivity index (χ1v) is 8.24. The van der Waals surface area contributed by atoms with Gasteiger partial charge in [0.25, 0.3) is 0 Å². The van der Waals surface area contributed by atoms with Crippen LogP contribution in [0.25, 0.3) is 0 Å². The van der Waals surface area contributed by atoms with E-state index < -0.39 is 61.0 Å². The first-order valence-electron chi connectivity index (χ1n) is 8.24. The smallest absolute Gasteiger partial charge is 0.378 e. The first kappa shape index (κ1) is 21.7. The molecule has 0 aromatic carbocycles. The van der Waals surface area contributed by atoms with Crippen molar-refractivity contribution in [2.45, 2.75) is 51.4 Å². The average Bonchev–Trinajstić information content (AvgIpc) is 2.90. The zero-order valence-electron chi connectivity index (χ0n) is 14.7. The van der Waals surface area contributed by atoms with Crippen molar-refractivity contribution in [1.29, 1.82) is 0 Å². The minimum Gasteiger partial charge on any atom is -0.505 e. The molecule has 0 bridgehead atoms. The van der Waals surface area contributed by atoms with Gasteiger partial charge in [0.15, 0.2) is 11.9 Å². The maximum absolute atomic E-state index is 11.7. The summed E-state index contributed by atoms with van der Waals surface area (Å²) in [6.07, 6.45) is -3.22. The Morgan fingerprint density at radius 2 is 1.77 bits per heavy atom. The van der Waals surface area contributed by atoms with Crippen molar-refractivity contribution in [2.24, 2.45) is 0 Å². The lowest BCUT2D eigenvalue weighted by molar-refractivity contribution is -0.155. The molecule has 10 nitrogen and oxygen atoms in total. The molecular weight excluding hydrogens is 352 g/mol. The summed E-state index contributed by atoms with van der Waals surface area (Å²) in [7, 11) is 0. The molecule has 0 aromatic heterocycles. The Balaban J connectivity index is 2.51. The second-order valence-corrected chi connectivity index (χ2v) is 5.54. The van der Waals surface area contributed by atoms with Crippen molar-refractivity contribution in [3.05, 3.63) is 11.5 Å². The van der Waals surface area contributed by atoms with Crippen LogP contribution in [0.3, 0.4) is 0 Å². The van der Waals surface area contributed by atoms with Gasteiger partial charge in [0.05, 0.1) is 0 Å². The summed E-state index contributed by atoms with van der Waals surface area (Å²) >= 11 is 0. The van der Waals surface area contributed by atoms with Crippen molar-refractivity contribution >= 4 is 17.9 Å². The molecule has 0 aromatic rings. The van der Waals surface area contributed by atoms with E-state index in [1.807, 2.05) is 0 Å². The van der Waals surface area contributed by atoms with Gasteiger partial charge in [0.1, 0.15) is 32.0 Å². The third kappa shape index (κ3) is 6.52. The molecule has 26 heavy (non-hydrogen) atoms. The Bertz CT molecular complexity index is 541. The zero-order chi connectivity index (χ0) is 19.7. The van der Waals surface area contributed by atoms with Gasteiger partial charge >= 0.3 is 17.9 Å². The second kappa shape index (κ2) is 10.6. The monoisotopic (exact) mass is 376 g/mol. The van der Waals surface area contributed by atoms with E-state index in [0.717, 1.165) is 0 Å². The van der Waals surface area contributed by atoms with E-state index in [1.165, 1.54) is 0 Å². The van der Waals surface area contributed by atoms with Crippen molar-refractivity contribution in [1.82, 2.24) is 0 Å². The van der Waals surface area contributed by atoms with Crippen LogP contribution in [0.5, 0.6) is 0 Å². The van der Waals surface area contributed by atoms with E-state index in [1.54, 1.807) is 13.8 Å². The summed E-state index contributed by atoms with van der Waals surface area (Å²) in [5.41, 5.74) is 0. The largest absolute Gasteiger partial charge is 0.505 e. The summed E-state index contributed by atoms with van der Waals surface area (Å²) in [4.78, 5) is 34.0. The van der Waals surface area contributed by atoms with Crippen LogP contribution in [-0.2, 0) is 33.3 Å². The minimum atomic E-state index is -1.48. The van der Waals surface area contributed by atoms with Crippen LogP contribution < -0.4 is 0 Å². The summed E-state index contributed by atoms with van der Waals surface area (Å²) in [5, 5.41) is 29.5. The summed E-state index contributed by atoms with van der Waals surface area (Å²) in [5.74, 6) is -3.32. The Kier molecular flexibility index (Phi) is 8.86. The predicted molar refractivity (Wildman–Crippen MR) is 84.6 cm³/mol. The van der Waals surface area contributed by atoms with Crippen LogP contribution in [0.15, 0.2) is 11.5 Å². The van der Waals surface area contributed by atoms with Crippen LogP contribution in [-0.4, -0.2) is 71.4 Å². The van der Waals surface area contributed by atoms with E-state index in [4.69, 9.17) is 18.9 Å². The van der Waals surface area contributed by atoms with Crippen LogP contribution in [0.1, 0.15) is 33.1 Å². The fourth-order valence-electron chi connectivity index (χ4n) is 1.91. The number of carbonyl (C=O) groups excluding carboxylic acids is 3. The van der Waals surface area contributed by atoms with Gasteiger partial charge in [-0.3, -0.25) is 9.59 Å². The van der Waals surface area contributed by atoms with E-state index in [-0.39, 0.29) is 19.4 Å². The molecule has 0 aliphatic carbocycles.